The molecule has 0 unspecified atom stereocenters. The molecule has 1 aliphatic rings. The van der Waals surface area contributed by atoms with Crippen molar-refractivity contribution in [2.45, 2.75) is 12.8 Å². The van der Waals surface area contributed by atoms with Crippen molar-refractivity contribution in [3.05, 3.63) is 16.1 Å². The number of carboxylic acid groups (broad SMARTS) is 1. The van der Waals surface area contributed by atoms with Gasteiger partial charge in [0.05, 0.1) is 5.01 Å². The third kappa shape index (κ3) is 4.17. The molecule has 7 nitrogen and oxygen atoms in total. The summed E-state index contributed by atoms with van der Waals surface area (Å²) in [6.45, 7) is 3.71. The number of aromatic carboxylic acids is 1. The maximum atomic E-state index is 11.9. The van der Waals surface area contributed by atoms with Crippen LogP contribution in [0.3, 0.4) is 0 Å². The number of carboxylic acids is 1. The molecule has 8 heteroatoms. The van der Waals surface area contributed by atoms with E-state index in [9.17, 15) is 9.59 Å². The Balaban J connectivity index is 1.74. The van der Waals surface area contributed by atoms with Crippen LogP contribution in [0.5, 0.6) is 0 Å². The molecule has 110 valence electrons. The molecule has 1 aromatic heterocycles. The van der Waals surface area contributed by atoms with Crippen molar-refractivity contribution in [2.24, 2.45) is 0 Å². The molecule has 1 aromatic rings. The van der Waals surface area contributed by atoms with E-state index in [1.807, 2.05) is 0 Å². The van der Waals surface area contributed by atoms with E-state index in [0.717, 1.165) is 31.1 Å². The number of rotatable bonds is 4. The molecule has 1 saturated heterocycles. The maximum Gasteiger partial charge on any atom is 0.355 e. The summed E-state index contributed by atoms with van der Waals surface area (Å²) < 4.78 is 0. The van der Waals surface area contributed by atoms with Crippen LogP contribution in [0.25, 0.3) is 0 Å². The summed E-state index contributed by atoms with van der Waals surface area (Å²) in [4.78, 5) is 28.4. The SMILES string of the molecule is O=C(O)c1csc(CCNC(=O)N2CCCNCC2)n1. The Hall–Kier alpha value is -1.67. The van der Waals surface area contributed by atoms with Crippen LogP contribution in [0.15, 0.2) is 5.38 Å². The average molecular weight is 298 g/mol. The predicted molar refractivity (Wildman–Crippen MR) is 75.2 cm³/mol. The summed E-state index contributed by atoms with van der Waals surface area (Å²) in [6.07, 6.45) is 1.51. The zero-order valence-electron chi connectivity index (χ0n) is 11.1. The van der Waals surface area contributed by atoms with Crippen LogP contribution in [-0.2, 0) is 6.42 Å². The second-order valence-corrected chi connectivity index (χ2v) is 5.45. The topological polar surface area (TPSA) is 94.6 Å². The van der Waals surface area contributed by atoms with Crippen molar-refractivity contribution in [1.29, 1.82) is 0 Å². The Bertz CT molecular complexity index is 469. The number of amides is 2. The molecule has 0 saturated carbocycles. The van der Waals surface area contributed by atoms with Gasteiger partial charge in [0.15, 0.2) is 5.69 Å². The number of carbonyl (C=O) groups is 2. The molecule has 0 radical (unpaired) electrons. The zero-order valence-corrected chi connectivity index (χ0v) is 11.9. The molecule has 2 rings (SSSR count). The summed E-state index contributed by atoms with van der Waals surface area (Å²) in [5.74, 6) is -1.02. The molecule has 3 N–H and O–H groups in total. The number of carbonyl (C=O) groups excluding carboxylic acids is 1. The van der Waals surface area contributed by atoms with E-state index in [4.69, 9.17) is 5.11 Å². The lowest BCUT2D eigenvalue weighted by Crippen LogP contribution is -2.42. The molecule has 0 atom stereocenters. The van der Waals surface area contributed by atoms with Gasteiger partial charge in [-0.05, 0) is 13.0 Å². The molecule has 0 bridgehead atoms. The first kappa shape index (κ1) is 14.7. The zero-order chi connectivity index (χ0) is 14.4. The van der Waals surface area contributed by atoms with Gasteiger partial charge in [-0.1, -0.05) is 0 Å². The van der Waals surface area contributed by atoms with E-state index in [1.165, 1.54) is 16.7 Å². The van der Waals surface area contributed by atoms with Crippen LogP contribution < -0.4 is 10.6 Å². The Morgan fingerprint density at radius 3 is 3.05 bits per heavy atom. The first-order valence-electron chi connectivity index (χ1n) is 6.58. The highest BCUT2D eigenvalue weighted by molar-refractivity contribution is 7.09. The lowest BCUT2D eigenvalue weighted by atomic mass is 10.4. The van der Waals surface area contributed by atoms with Gasteiger partial charge in [-0.25, -0.2) is 14.6 Å². The normalized spacial score (nSPS) is 15.7. The fourth-order valence-electron chi connectivity index (χ4n) is 1.96. The number of nitrogens with zero attached hydrogens (tertiary/aromatic N) is 2. The van der Waals surface area contributed by atoms with Gasteiger partial charge >= 0.3 is 12.0 Å². The van der Waals surface area contributed by atoms with Crippen LogP contribution in [0.2, 0.25) is 0 Å². The molecule has 2 amide bonds. The molecule has 0 aromatic carbocycles. The first-order valence-corrected chi connectivity index (χ1v) is 7.46. The number of hydrogen-bond donors (Lipinski definition) is 3. The lowest BCUT2D eigenvalue weighted by Gasteiger charge is -2.20. The second kappa shape index (κ2) is 7.20. The Morgan fingerprint density at radius 1 is 1.45 bits per heavy atom. The Morgan fingerprint density at radius 2 is 2.30 bits per heavy atom. The molecule has 0 aliphatic carbocycles. The summed E-state index contributed by atoms with van der Waals surface area (Å²) in [6, 6.07) is -0.0660. The fourth-order valence-corrected chi connectivity index (χ4v) is 2.73. The summed E-state index contributed by atoms with van der Waals surface area (Å²) in [7, 11) is 0. The van der Waals surface area contributed by atoms with Crippen molar-refractivity contribution in [3.63, 3.8) is 0 Å². The Labute approximate surface area is 121 Å². The molecule has 20 heavy (non-hydrogen) atoms. The summed E-state index contributed by atoms with van der Waals surface area (Å²) in [5.41, 5.74) is 0.0647. The van der Waals surface area contributed by atoms with Crippen LogP contribution >= 0.6 is 11.3 Å². The van der Waals surface area contributed by atoms with Gasteiger partial charge in [-0.2, -0.15) is 0 Å². The van der Waals surface area contributed by atoms with Gasteiger partial charge in [0.25, 0.3) is 0 Å². The van der Waals surface area contributed by atoms with Crippen LogP contribution in [0, 0.1) is 0 Å². The van der Waals surface area contributed by atoms with Crippen molar-refractivity contribution in [2.75, 3.05) is 32.7 Å². The number of aromatic nitrogens is 1. The van der Waals surface area contributed by atoms with E-state index >= 15 is 0 Å². The molecule has 2 heterocycles. The first-order chi connectivity index (χ1) is 9.66. The average Bonchev–Trinajstić information content (AvgIpc) is 2.73. The molecule has 1 aliphatic heterocycles. The van der Waals surface area contributed by atoms with Crippen molar-refractivity contribution in [1.82, 2.24) is 20.5 Å². The minimum absolute atomic E-state index is 0.0647. The highest BCUT2D eigenvalue weighted by Gasteiger charge is 2.14. The van der Waals surface area contributed by atoms with Crippen LogP contribution in [-0.4, -0.2) is 59.7 Å². The minimum atomic E-state index is -1.02. The van der Waals surface area contributed by atoms with E-state index in [2.05, 4.69) is 15.6 Å². The van der Waals surface area contributed by atoms with Gasteiger partial charge in [0.2, 0.25) is 0 Å². The van der Waals surface area contributed by atoms with E-state index in [1.54, 1.807) is 4.90 Å². The fraction of sp³-hybridized carbons (Fsp3) is 0.583. The minimum Gasteiger partial charge on any atom is -0.476 e. The van der Waals surface area contributed by atoms with Crippen LogP contribution in [0.4, 0.5) is 4.79 Å². The molecular formula is C12H18N4O3S. The van der Waals surface area contributed by atoms with E-state index in [-0.39, 0.29) is 11.7 Å². The number of thiazole rings is 1. The standard InChI is InChI=1S/C12H18N4O3S/c17-11(18)9-8-20-10(15-9)2-4-14-12(19)16-6-1-3-13-5-7-16/h8,13H,1-7H2,(H,14,19)(H,17,18). The summed E-state index contributed by atoms with van der Waals surface area (Å²) in [5, 5.41) is 17.1. The molecular weight excluding hydrogens is 280 g/mol. The number of nitrogens with one attached hydrogen (secondary N) is 2. The van der Waals surface area contributed by atoms with Crippen molar-refractivity contribution in [3.8, 4) is 0 Å². The van der Waals surface area contributed by atoms with Gasteiger partial charge in [-0.3, -0.25) is 0 Å². The molecule has 0 spiro atoms. The predicted octanol–water partition coefficient (Wildman–Crippen LogP) is 0.389. The quantitative estimate of drug-likeness (QED) is 0.747. The van der Waals surface area contributed by atoms with Gasteiger partial charge in [-0.15, -0.1) is 11.3 Å². The number of urea groups is 1. The Kier molecular flexibility index (Phi) is 5.31. The van der Waals surface area contributed by atoms with Crippen molar-refractivity contribution >= 4 is 23.3 Å². The highest BCUT2D eigenvalue weighted by Crippen LogP contribution is 2.09. The third-order valence-electron chi connectivity index (χ3n) is 3.01. The third-order valence-corrected chi connectivity index (χ3v) is 3.92. The largest absolute Gasteiger partial charge is 0.476 e. The highest BCUT2D eigenvalue weighted by atomic mass is 32.1. The van der Waals surface area contributed by atoms with Gasteiger partial charge < -0.3 is 20.6 Å². The summed E-state index contributed by atoms with van der Waals surface area (Å²) >= 11 is 1.30. The van der Waals surface area contributed by atoms with Gasteiger partial charge in [0.1, 0.15) is 0 Å². The second-order valence-electron chi connectivity index (χ2n) is 4.50. The van der Waals surface area contributed by atoms with Crippen LogP contribution in [0.1, 0.15) is 21.9 Å². The number of hydrogen-bond acceptors (Lipinski definition) is 5. The smallest absolute Gasteiger partial charge is 0.355 e. The maximum absolute atomic E-state index is 11.9. The lowest BCUT2D eigenvalue weighted by molar-refractivity contribution is 0.0691. The molecule has 1 fully saturated rings. The monoisotopic (exact) mass is 298 g/mol. The van der Waals surface area contributed by atoms with E-state index in [0.29, 0.717) is 19.5 Å². The van der Waals surface area contributed by atoms with E-state index < -0.39 is 5.97 Å². The van der Waals surface area contributed by atoms with Crippen molar-refractivity contribution < 1.29 is 14.7 Å². The van der Waals surface area contributed by atoms with Gasteiger partial charge in [0, 0.05) is 38.0 Å².